The van der Waals surface area contributed by atoms with Crippen molar-refractivity contribution >= 4 is 90.8 Å². The third-order valence-electron chi connectivity index (χ3n) is 7.55. The fourth-order valence-corrected chi connectivity index (χ4v) is 5.67. The smallest absolute Gasteiger partial charge is 0.347 e. The van der Waals surface area contributed by atoms with E-state index in [1.54, 1.807) is 23.5 Å². The van der Waals surface area contributed by atoms with E-state index in [-0.39, 0.29) is 36.2 Å². The predicted octanol–water partition coefficient (Wildman–Crippen LogP) is -4.84. The normalized spacial score (nSPS) is 18.9. The number of piperidine rings is 1. The van der Waals surface area contributed by atoms with Gasteiger partial charge in [0.1, 0.15) is 45.3 Å². The molecule has 2 aromatic rings. The van der Waals surface area contributed by atoms with Gasteiger partial charge in [-0.2, -0.15) is 8.78 Å². The number of nitrogens with one attached hydrogen (secondary N) is 2. The van der Waals surface area contributed by atoms with Gasteiger partial charge in [0.05, 0.1) is 0 Å². The zero-order valence-corrected chi connectivity index (χ0v) is 22.0. The minimum Gasteiger partial charge on any atom is -0.347 e. The zero-order valence-electron chi connectivity index (χ0n) is 21.2. The van der Waals surface area contributed by atoms with Crippen molar-refractivity contribution in [1.29, 1.82) is 0 Å². The molecule has 0 bridgehead atoms. The second-order valence-corrected chi connectivity index (χ2v) is 10.5. The molecule has 186 valence electrons. The Bertz CT molecular complexity index is 1360. The van der Waals surface area contributed by atoms with Crippen molar-refractivity contribution in [2.75, 3.05) is 0 Å². The van der Waals surface area contributed by atoms with E-state index in [2.05, 4.69) is 10.6 Å². The number of fused-ring (bicyclic) bond motifs is 1. The van der Waals surface area contributed by atoms with Crippen LogP contribution in [-0.2, 0) is 32.2 Å². The quantitative estimate of drug-likeness (QED) is 0.305. The predicted molar refractivity (Wildman–Crippen MR) is 149 cm³/mol. The third-order valence-corrected chi connectivity index (χ3v) is 7.81. The molecule has 0 aliphatic carbocycles. The summed E-state index contributed by atoms with van der Waals surface area (Å²) in [5.41, 5.74) is 3.33. The molecule has 15 heteroatoms. The molecule has 2 aliphatic heterocycles. The Hall–Kier alpha value is -3.01. The summed E-state index contributed by atoms with van der Waals surface area (Å²) >= 11 is 5.78. The van der Waals surface area contributed by atoms with Crippen molar-refractivity contribution in [3.05, 3.63) is 51.5 Å². The SMILES string of the molecule is Bc1c(B)c2c(c(B)c1CNC(=O)C(F)(F)c1ccc(Cl)cc1)C(B)(B)N(C1CCC(=O)NC1=O)C2=O. The number of carbonyl (C=O) groups is 4. The van der Waals surface area contributed by atoms with Gasteiger partial charge >= 0.3 is 5.92 Å². The molecule has 37 heavy (non-hydrogen) atoms. The van der Waals surface area contributed by atoms with Gasteiger partial charge in [-0.3, -0.25) is 24.5 Å². The first kappa shape index (κ1) is 27.0. The number of benzene rings is 2. The van der Waals surface area contributed by atoms with Crippen LogP contribution in [0.4, 0.5) is 8.78 Å². The number of carbonyl (C=O) groups excluding carboxylic acids is 4. The second-order valence-electron chi connectivity index (χ2n) is 10.1. The monoisotopic (exact) mass is 521 g/mol. The fourth-order valence-electron chi connectivity index (χ4n) is 5.54. The van der Waals surface area contributed by atoms with Crippen molar-refractivity contribution < 1.29 is 28.0 Å². The Morgan fingerprint density at radius 3 is 2.32 bits per heavy atom. The van der Waals surface area contributed by atoms with E-state index in [0.717, 1.165) is 12.1 Å². The Balaban J connectivity index is 1.67. The van der Waals surface area contributed by atoms with Crippen molar-refractivity contribution in [3.63, 3.8) is 0 Å². The molecule has 2 heterocycles. The number of amides is 4. The summed E-state index contributed by atoms with van der Waals surface area (Å²) in [5.74, 6) is -6.43. The standard InChI is InChI=1S/C22H23B5ClF2N3O4/c23-15-10(7-31-20(37)21(29,30)8-1-3-9(28)4-2-8)16(24)17(25)13-14(15)22(26,27)33(19(13)36)11-5-6-12(34)32-18(11)35/h1-4,11H,5-7,23-27H2,(H,31,37)(H,32,34,35). The lowest BCUT2D eigenvalue weighted by atomic mass is 9.53. The van der Waals surface area contributed by atoms with Crippen LogP contribution in [0.1, 0.15) is 39.9 Å². The number of hydrogen-bond donors (Lipinski definition) is 2. The molecule has 0 spiro atoms. The summed E-state index contributed by atoms with van der Waals surface area (Å²) in [6.07, 6.45) is 0.344. The van der Waals surface area contributed by atoms with E-state index in [1.165, 1.54) is 17.0 Å². The van der Waals surface area contributed by atoms with Gasteiger partial charge < -0.3 is 10.2 Å². The number of imide groups is 1. The molecule has 4 amide bonds. The number of alkyl halides is 2. The highest BCUT2D eigenvalue weighted by Crippen LogP contribution is 2.36. The van der Waals surface area contributed by atoms with E-state index in [0.29, 0.717) is 33.1 Å². The number of halogens is 3. The first-order valence-electron chi connectivity index (χ1n) is 11.9. The first-order chi connectivity index (χ1) is 17.2. The van der Waals surface area contributed by atoms with Crippen molar-refractivity contribution in [2.45, 2.75) is 36.7 Å². The van der Waals surface area contributed by atoms with E-state index < -0.39 is 34.7 Å². The molecule has 1 saturated heterocycles. The van der Waals surface area contributed by atoms with Crippen LogP contribution in [0, 0.1) is 0 Å². The summed E-state index contributed by atoms with van der Waals surface area (Å²) in [7, 11) is 8.96. The summed E-state index contributed by atoms with van der Waals surface area (Å²) in [6, 6.07) is 3.99. The van der Waals surface area contributed by atoms with Gasteiger partial charge in [-0.1, -0.05) is 40.1 Å². The van der Waals surface area contributed by atoms with Crippen LogP contribution < -0.4 is 27.0 Å². The maximum atomic E-state index is 14.8. The van der Waals surface area contributed by atoms with Crippen molar-refractivity contribution in [3.8, 4) is 0 Å². The second kappa shape index (κ2) is 9.38. The first-order valence-corrected chi connectivity index (χ1v) is 12.3. The number of hydrogen-bond acceptors (Lipinski definition) is 4. The van der Waals surface area contributed by atoms with E-state index in [4.69, 9.17) is 11.6 Å². The molecule has 2 aliphatic rings. The summed E-state index contributed by atoms with van der Waals surface area (Å²) < 4.78 is 29.6. The molecule has 1 fully saturated rings. The highest BCUT2D eigenvalue weighted by atomic mass is 35.5. The van der Waals surface area contributed by atoms with Crippen LogP contribution in [0.2, 0.25) is 5.02 Å². The molecule has 4 rings (SSSR count). The van der Waals surface area contributed by atoms with Crippen LogP contribution in [0.3, 0.4) is 0 Å². The lowest BCUT2D eigenvalue weighted by Crippen LogP contribution is -2.59. The average Bonchev–Trinajstić information content (AvgIpc) is 3.03. The molecule has 1 unspecified atom stereocenters. The highest BCUT2D eigenvalue weighted by Gasteiger charge is 2.50. The van der Waals surface area contributed by atoms with Gasteiger partial charge in [0.15, 0.2) is 0 Å². The lowest BCUT2D eigenvalue weighted by Gasteiger charge is -2.40. The van der Waals surface area contributed by atoms with Crippen LogP contribution in [0.5, 0.6) is 0 Å². The van der Waals surface area contributed by atoms with Gasteiger partial charge in [0.2, 0.25) is 11.8 Å². The van der Waals surface area contributed by atoms with Crippen LogP contribution in [0.25, 0.3) is 0 Å². The minimum absolute atomic E-state index is 0.128. The van der Waals surface area contributed by atoms with Crippen LogP contribution in [0.15, 0.2) is 24.3 Å². The molecule has 2 N–H and O–H groups in total. The topological polar surface area (TPSA) is 95.6 Å². The maximum absolute atomic E-state index is 14.8. The molecule has 1 atom stereocenters. The van der Waals surface area contributed by atoms with Crippen molar-refractivity contribution in [2.24, 2.45) is 0 Å². The van der Waals surface area contributed by atoms with E-state index >= 15 is 0 Å². The minimum atomic E-state index is -3.77. The zero-order chi connectivity index (χ0) is 27.4. The van der Waals surface area contributed by atoms with Gasteiger partial charge in [-0.15, -0.1) is 0 Å². The van der Waals surface area contributed by atoms with Gasteiger partial charge in [-0.05, 0) is 29.7 Å². The summed E-state index contributed by atoms with van der Waals surface area (Å²) in [4.78, 5) is 52.0. The largest absolute Gasteiger partial charge is 0.349 e. The molecular weight excluding hydrogens is 498 g/mol. The fraction of sp³-hybridized carbons (Fsp3) is 0.273. The Kier molecular flexibility index (Phi) is 6.86. The number of rotatable bonds is 5. The Morgan fingerprint density at radius 2 is 1.73 bits per heavy atom. The molecular formula is C22H23B5ClF2N3O4. The Morgan fingerprint density at radius 1 is 1.11 bits per heavy atom. The van der Waals surface area contributed by atoms with Gasteiger partial charge in [0.25, 0.3) is 11.8 Å². The van der Waals surface area contributed by atoms with E-state index in [9.17, 15) is 28.0 Å². The molecule has 7 nitrogen and oxygen atoms in total. The highest BCUT2D eigenvalue weighted by molar-refractivity contribution is 6.56. The molecule has 0 saturated carbocycles. The summed E-state index contributed by atoms with van der Waals surface area (Å²) in [6.45, 7) is -0.170. The van der Waals surface area contributed by atoms with Crippen LogP contribution in [-0.4, -0.2) is 73.8 Å². The van der Waals surface area contributed by atoms with Gasteiger partial charge in [0, 0.05) is 34.5 Å². The van der Waals surface area contributed by atoms with Crippen LogP contribution >= 0.6 is 11.6 Å². The molecule has 2 aromatic carbocycles. The van der Waals surface area contributed by atoms with Crippen molar-refractivity contribution in [1.82, 2.24) is 15.5 Å². The lowest BCUT2D eigenvalue weighted by molar-refractivity contribution is -0.147. The van der Waals surface area contributed by atoms with Gasteiger partial charge in [-0.25, -0.2) is 0 Å². The third kappa shape index (κ3) is 4.39. The van der Waals surface area contributed by atoms with E-state index in [1.807, 2.05) is 15.7 Å². The summed E-state index contributed by atoms with van der Waals surface area (Å²) in [5, 5.41) is 4.03. The Labute approximate surface area is 222 Å². The molecule has 0 radical (unpaired) electrons. The number of nitrogens with zero attached hydrogens (tertiary/aromatic N) is 1. The maximum Gasteiger partial charge on any atom is 0.349 e. The molecule has 0 aromatic heterocycles. The average molecular weight is 521 g/mol.